The van der Waals surface area contributed by atoms with Gasteiger partial charge < -0.3 is 10.6 Å². The molecule has 0 atom stereocenters. The largest absolute Gasteiger partial charge is 0.355 e. The molecule has 1 heterocycles. The van der Waals surface area contributed by atoms with E-state index < -0.39 is 0 Å². The van der Waals surface area contributed by atoms with Crippen molar-refractivity contribution in [1.29, 1.82) is 0 Å². The summed E-state index contributed by atoms with van der Waals surface area (Å²) < 4.78 is 0. The zero-order valence-electron chi connectivity index (χ0n) is 8.79. The Morgan fingerprint density at radius 3 is 2.47 bits per heavy atom. The number of carbonyl (C=O) groups excluding carboxylic acids is 2. The summed E-state index contributed by atoms with van der Waals surface area (Å²) in [6.45, 7) is 4.32. The van der Waals surface area contributed by atoms with E-state index in [2.05, 4.69) is 10.6 Å². The minimum absolute atomic E-state index is 0.0848. The molecule has 1 aromatic rings. The van der Waals surface area contributed by atoms with Crippen LogP contribution in [-0.2, 0) is 4.79 Å². The Hall–Kier alpha value is -1.36. The molecule has 0 spiro atoms. The van der Waals surface area contributed by atoms with Crippen LogP contribution in [0.2, 0.25) is 0 Å². The maximum absolute atomic E-state index is 11.5. The third-order valence-corrected chi connectivity index (χ3v) is 2.75. The normalized spacial score (nSPS) is 9.73. The van der Waals surface area contributed by atoms with E-state index in [4.69, 9.17) is 0 Å². The Kier molecular flexibility index (Phi) is 4.30. The van der Waals surface area contributed by atoms with Gasteiger partial charge in [-0.25, -0.2) is 0 Å². The lowest BCUT2D eigenvalue weighted by molar-refractivity contribution is -0.118. The highest BCUT2D eigenvalue weighted by Crippen LogP contribution is 2.14. The Morgan fingerprint density at radius 1 is 1.27 bits per heavy atom. The molecule has 0 radical (unpaired) electrons. The van der Waals surface area contributed by atoms with Gasteiger partial charge in [0.15, 0.2) is 0 Å². The van der Waals surface area contributed by atoms with E-state index in [0.29, 0.717) is 18.0 Å². The highest BCUT2D eigenvalue weighted by atomic mass is 32.1. The molecule has 0 saturated carbocycles. The third-order valence-electron chi connectivity index (χ3n) is 1.75. The van der Waals surface area contributed by atoms with E-state index >= 15 is 0 Å². The minimum Gasteiger partial charge on any atom is -0.355 e. The molecule has 4 nitrogen and oxygen atoms in total. The van der Waals surface area contributed by atoms with Gasteiger partial charge in [0.2, 0.25) is 5.91 Å². The van der Waals surface area contributed by atoms with Gasteiger partial charge in [-0.05, 0) is 19.1 Å². The lowest BCUT2D eigenvalue weighted by Crippen LogP contribution is -2.33. The molecular weight excluding hydrogens is 212 g/mol. The fourth-order valence-electron chi connectivity index (χ4n) is 1.06. The van der Waals surface area contributed by atoms with Crippen LogP contribution in [0.4, 0.5) is 0 Å². The number of rotatable bonds is 4. The summed E-state index contributed by atoms with van der Waals surface area (Å²) in [5, 5.41) is 5.33. The molecule has 1 rings (SSSR count). The van der Waals surface area contributed by atoms with Crippen molar-refractivity contribution in [2.75, 3.05) is 13.1 Å². The molecule has 82 valence electrons. The fourth-order valence-corrected chi connectivity index (χ4v) is 1.84. The van der Waals surface area contributed by atoms with Crippen molar-refractivity contribution in [3.8, 4) is 0 Å². The molecule has 0 bridgehead atoms. The monoisotopic (exact) mass is 226 g/mol. The first-order valence-corrected chi connectivity index (χ1v) is 5.50. The average molecular weight is 226 g/mol. The first-order chi connectivity index (χ1) is 7.09. The molecule has 0 aromatic carbocycles. The number of aryl methyl sites for hydroxylation is 1. The summed E-state index contributed by atoms with van der Waals surface area (Å²) in [5.41, 5.74) is 0. The van der Waals surface area contributed by atoms with Crippen molar-refractivity contribution >= 4 is 23.2 Å². The molecular formula is C10H14N2O2S. The van der Waals surface area contributed by atoms with Crippen LogP contribution >= 0.6 is 11.3 Å². The van der Waals surface area contributed by atoms with Gasteiger partial charge in [0.05, 0.1) is 4.88 Å². The van der Waals surface area contributed by atoms with Crippen molar-refractivity contribution in [3.63, 3.8) is 0 Å². The van der Waals surface area contributed by atoms with E-state index in [1.807, 2.05) is 13.0 Å². The van der Waals surface area contributed by atoms with Crippen molar-refractivity contribution < 1.29 is 9.59 Å². The molecule has 2 N–H and O–H groups in total. The van der Waals surface area contributed by atoms with Gasteiger partial charge in [-0.3, -0.25) is 9.59 Å². The second kappa shape index (κ2) is 5.50. The fraction of sp³-hybridized carbons (Fsp3) is 0.400. The van der Waals surface area contributed by atoms with Crippen molar-refractivity contribution in [2.45, 2.75) is 13.8 Å². The number of carbonyl (C=O) groups is 2. The van der Waals surface area contributed by atoms with Crippen LogP contribution < -0.4 is 10.6 Å². The first-order valence-electron chi connectivity index (χ1n) is 4.68. The summed E-state index contributed by atoms with van der Waals surface area (Å²) in [7, 11) is 0. The molecule has 0 fully saturated rings. The molecule has 0 aliphatic rings. The van der Waals surface area contributed by atoms with Crippen LogP contribution in [0.25, 0.3) is 0 Å². The highest BCUT2D eigenvalue weighted by Gasteiger charge is 2.06. The molecule has 15 heavy (non-hydrogen) atoms. The number of hydrogen-bond donors (Lipinski definition) is 2. The van der Waals surface area contributed by atoms with Crippen LogP contribution in [0, 0.1) is 6.92 Å². The predicted octanol–water partition coefficient (Wildman–Crippen LogP) is 0.922. The topological polar surface area (TPSA) is 58.2 Å². The molecule has 0 aliphatic carbocycles. The zero-order valence-corrected chi connectivity index (χ0v) is 9.61. The average Bonchev–Trinajstić information content (AvgIpc) is 2.59. The maximum atomic E-state index is 11.5. The number of amides is 2. The van der Waals surface area contributed by atoms with Crippen LogP contribution in [0.15, 0.2) is 12.1 Å². The standard InChI is InChI=1S/C10H14N2O2S/c1-7-3-4-9(15-7)10(14)12-6-5-11-8(2)13/h3-4H,5-6H2,1-2H3,(H,11,13)(H,12,14). The number of nitrogens with one attached hydrogen (secondary N) is 2. The van der Waals surface area contributed by atoms with Gasteiger partial charge in [-0.15, -0.1) is 11.3 Å². The van der Waals surface area contributed by atoms with Crippen LogP contribution in [0.1, 0.15) is 21.5 Å². The van der Waals surface area contributed by atoms with Gasteiger partial charge in [-0.1, -0.05) is 0 Å². The Bertz CT molecular complexity index is 360. The Morgan fingerprint density at radius 2 is 1.93 bits per heavy atom. The lowest BCUT2D eigenvalue weighted by atomic mass is 10.4. The summed E-state index contributed by atoms with van der Waals surface area (Å²) in [6.07, 6.45) is 0. The number of hydrogen-bond acceptors (Lipinski definition) is 3. The van der Waals surface area contributed by atoms with Gasteiger partial charge in [0.1, 0.15) is 0 Å². The van der Waals surface area contributed by atoms with Gasteiger partial charge in [0, 0.05) is 24.9 Å². The van der Waals surface area contributed by atoms with Crippen LogP contribution in [0.3, 0.4) is 0 Å². The quantitative estimate of drug-likeness (QED) is 0.750. The Balaban J connectivity index is 2.28. The first kappa shape index (κ1) is 11.7. The van der Waals surface area contributed by atoms with Crippen molar-refractivity contribution in [1.82, 2.24) is 10.6 Å². The summed E-state index contributed by atoms with van der Waals surface area (Å²) >= 11 is 1.46. The molecule has 0 saturated heterocycles. The lowest BCUT2D eigenvalue weighted by Gasteiger charge is -2.03. The van der Waals surface area contributed by atoms with E-state index in [9.17, 15) is 9.59 Å². The molecule has 5 heteroatoms. The molecule has 1 aromatic heterocycles. The van der Waals surface area contributed by atoms with Crippen molar-refractivity contribution in [3.05, 3.63) is 21.9 Å². The van der Waals surface area contributed by atoms with E-state index in [1.54, 1.807) is 6.07 Å². The minimum atomic E-state index is -0.0868. The zero-order chi connectivity index (χ0) is 11.3. The second-order valence-electron chi connectivity index (χ2n) is 3.15. The Labute approximate surface area is 92.7 Å². The summed E-state index contributed by atoms with van der Waals surface area (Å²) in [4.78, 5) is 23.8. The summed E-state index contributed by atoms with van der Waals surface area (Å²) in [5.74, 6) is -0.172. The van der Waals surface area contributed by atoms with E-state index in [0.717, 1.165) is 4.88 Å². The van der Waals surface area contributed by atoms with Crippen molar-refractivity contribution in [2.24, 2.45) is 0 Å². The smallest absolute Gasteiger partial charge is 0.261 e. The second-order valence-corrected chi connectivity index (χ2v) is 4.44. The van der Waals surface area contributed by atoms with Gasteiger partial charge >= 0.3 is 0 Å². The van der Waals surface area contributed by atoms with Crippen LogP contribution in [-0.4, -0.2) is 24.9 Å². The summed E-state index contributed by atoms with van der Waals surface area (Å²) in [6, 6.07) is 3.71. The highest BCUT2D eigenvalue weighted by molar-refractivity contribution is 7.13. The molecule has 0 unspecified atom stereocenters. The van der Waals surface area contributed by atoms with Gasteiger partial charge in [0.25, 0.3) is 5.91 Å². The van der Waals surface area contributed by atoms with E-state index in [1.165, 1.54) is 18.3 Å². The third kappa shape index (κ3) is 4.12. The van der Waals surface area contributed by atoms with E-state index in [-0.39, 0.29) is 11.8 Å². The number of thiophene rings is 1. The predicted molar refractivity (Wildman–Crippen MR) is 60.1 cm³/mol. The van der Waals surface area contributed by atoms with Gasteiger partial charge in [-0.2, -0.15) is 0 Å². The molecule has 2 amide bonds. The maximum Gasteiger partial charge on any atom is 0.261 e. The molecule has 0 aliphatic heterocycles. The van der Waals surface area contributed by atoms with Crippen LogP contribution in [0.5, 0.6) is 0 Å². The SMILES string of the molecule is CC(=O)NCCNC(=O)c1ccc(C)s1.